The van der Waals surface area contributed by atoms with Gasteiger partial charge in [-0.25, -0.2) is 9.59 Å². The molecule has 0 aliphatic carbocycles. The maximum atomic E-state index is 12.7. The zero-order valence-electron chi connectivity index (χ0n) is 28.1. The highest BCUT2D eigenvalue weighted by Gasteiger charge is 2.10. The van der Waals surface area contributed by atoms with E-state index in [1.54, 1.807) is 36.4 Å². The van der Waals surface area contributed by atoms with E-state index in [1.807, 2.05) is 36.4 Å². The Morgan fingerprint density at radius 1 is 0.531 bits per heavy atom. The fourth-order valence-corrected chi connectivity index (χ4v) is 4.34. The van der Waals surface area contributed by atoms with Crippen LogP contribution >= 0.6 is 0 Å². The third-order valence-electron chi connectivity index (χ3n) is 6.91. The highest BCUT2D eigenvalue weighted by molar-refractivity contribution is 5.91. The molecule has 0 aromatic heterocycles. The number of aliphatic hydroxyl groups excluding tert-OH is 1. The zero-order valence-corrected chi connectivity index (χ0v) is 28.1. The Balaban J connectivity index is 1.25. The first-order chi connectivity index (χ1) is 24.1. The number of esters is 2. The van der Waals surface area contributed by atoms with Gasteiger partial charge in [0.25, 0.3) is 0 Å². The number of hydrogen-bond acceptors (Lipinski definition) is 11. The Morgan fingerprint density at radius 2 is 0.980 bits per heavy atom. The van der Waals surface area contributed by atoms with Gasteiger partial charge in [-0.05, 0) is 85.3 Å². The lowest BCUT2D eigenvalue weighted by Gasteiger charge is -2.10. The molecule has 11 nitrogen and oxygen atoms in total. The molecule has 3 rings (SSSR count). The van der Waals surface area contributed by atoms with E-state index in [0.717, 1.165) is 48.6 Å². The van der Waals surface area contributed by atoms with Gasteiger partial charge in [0.05, 0.1) is 78.2 Å². The van der Waals surface area contributed by atoms with Gasteiger partial charge in [-0.2, -0.15) is 0 Å². The molecule has 0 spiro atoms. The first-order valence-corrected chi connectivity index (χ1v) is 16.6. The van der Waals surface area contributed by atoms with Crippen LogP contribution in [0.3, 0.4) is 0 Å². The van der Waals surface area contributed by atoms with Crippen molar-refractivity contribution >= 4 is 11.9 Å². The predicted octanol–water partition coefficient (Wildman–Crippen LogP) is 5.68. The van der Waals surface area contributed by atoms with Crippen LogP contribution in [-0.2, 0) is 28.5 Å². The molecular formula is C38H48O11. The van der Waals surface area contributed by atoms with Crippen LogP contribution < -0.4 is 14.2 Å². The van der Waals surface area contributed by atoms with Gasteiger partial charge in [0.15, 0.2) is 0 Å². The van der Waals surface area contributed by atoms with Crippen molar-refractivity contribution in [1.29, 1.82) is 0 Å². The lowest BCUT2D eigenvalue weighted by atomic mass is 10.1. The average molecular weight is 681 g/mol. The normalized spacial score (nSPS) is 10.8. The van der Waals surface area contributed by atoms with Gasteiger partial charge < -0.3 is 43.0 Å². The molecule has 0 aliphatic rings. The van der Waals surface area contributed by atoms with Crippen LogP contribution in [0, 0.1) is 0 Å². The second-order valence-electron chi connectivity index (χ2n) is 10.6. The van der Waals surface area contributed by atoms with Crippen molar-refractivity contribution in [1.82, 2.24) is 0 Å². The van der Waals surface area contributed by atoms with Crippen molar-refractivity contribution in [2.75, 3.05) is 79.3 Å². The monoisotopic (exact) mass is 680 g/mol. The summed E-state index contributed by atoms with van der Waals surface area (Å²) >= 11 is 0. The summed E-state index contributed by atoms with van der Waals surface area (Å²) in [5.41, 5.74) is 2.41. The third-order valence-corrected chi connectivity index (χ3v) is 6.91. The number of benzene rings is 3. The average Bonchev–Trinajstić information content (AvgIpc) is 3.13. The molecule has 0 unspecified atom stereocenters. The van der Waals surface area contributed by atoms with Gasteiger partial charge in [-0.1, -0.05) is 30.8 Å². The number of rotatable bonds is 27. The Bertz CT molecular complexity index is 1330. The molecule has 266 valence electrons. The summed E-state index contributed by atoms with van der Waals surface area (Å²) in [6, 6.07) is 22.0. The third kappa shape index (κ3) is 17.1. The number of carbonyl (C=O) groups is 2. The number of ether oxygens (including phenoxy) is 8. The summed E-state index contributed by atoms with van der Waals surface area (Å²) in [7, 11) is 0. The van der Waals surface area contributed by atoms with E-state index in [1.165, 1.54) is 0 Å². The van der Waals surface area contributed by atoms with Gasteiger partial charge in [0.2, 0.25) is 0 Å². The van der Waals surface area contributed by atoms with E-state index in [-0.39, 0.29) is 6.61 Å². The van der Waals surface area contributed by atoms with Crippen LogP contribution in [0.15, 0.2) is 85.5 Å². The first-order valence-electron chi connectivity index (χ1n) is 16.6. The molecule has 0 aliphatic heterocycles. The van der Waals surface area contributed by atoms with E-state index < -0.39 is 11.9 Å². The van der Waals surface area contributed by atoms with E-state index in [4.69, 9.17) is 43.0 Å². The van der Waals surface area contributed by atoms with Crippen LogP contribution in [0.5, 0.6) is 17.2 Å². The summed E-state index contributed by atoms with van der Waals surface area (Å²) in [5, 5.41) is 8.62. The maximum absolute atomic E-state index is 12.7. The fraction of sp³-hybridized carbons (Fsp3) is 0.421. The molecule has 0 atom stereocenters. The van der Waals surface area contributed by atoms with Crippen molar-refractivity contribution in [3.05, 3.63) is 91.0 Å². The first kappa shape index (κ1) is 39.2. The van der Waals surface area contributed by atoms with Gasteiger partial charge in [-0.3, -0.25) is 0 Å². The fourth-order valence-electron chi connectivity index (χ4n) is 4.34. The van der Waals surface area contributed by atoms with E-state index in [2.05, 4.69) is 6.58 Å². The minimum absolute atomic E-state index is 0.0134. The van der Waals surface area contributed by atoms with E-state index >= 15 is 0 Å². The topological polar surface area (TPSA) is 128 Å². The lowest BCUT2D eigenvalue weighted by molar-refractivity contribution is -0.137. The van der Waals surface area contributed by atoms with Crippen molar-refractivity contribution in [3.63, 3.8) is 0 Å². The highest BCUT2D eigenvalue weighted by atomic mass is 16.6. The van der Waals surface area contributed by atoms with Gasteiger partial charge in [-0.15, -0.1) is 0 Å². The van der Waals surface area contributed by atoms with Crippen LogP contribution in [0.1, 0.15) is 36.0 Å². The second-order valence-corrected chi connectivity index (χ2v) is 10.6. The smallest absolute Gasteiger partial charge is 0.343 e. The van der Waals surface area contributed by atoms with E-state index in [0.29, 0.717) is 89.7 Å². The van der Waals surface area contributed by atoms with E-state index in [9.17, 15) is 9.59 Å². The molecule has 3 aromatic carbocycles. The van der Waals surface area contributed by atoms with Crippen molar-refractivity contribution in [3.8, 4) is 28.4 Å². The van der Waals surface area contributed by atoms with Crippen LogP contribution in [0.4, 0.5) is 0 Å². The van der Waals surface area contributed by atoms with Crippen molar-refractivity contribution in [2.45, 2.75) is 25.7 Å². The van der Waals surface area contributed by atoms with Crippen molar-refractivity contribution in [2.24, 2.45) is 0 Å². The SMILES string of the molecule is C=CC(=O)OCCCCCCOc1ccc(C(=O)Oc2ccc(-c3ccc(OCCOCCOCCOCCOCCO)cc3)cc2)cc1. The summed E-state index contributed by atoms with van der Waals surface area (Å²) in [6.45, 7) is 8.37. The van der Waals surface area contributed by atoms with Crippen molar-refractivity contribution < 1.29 is 52.6 Å². The molecule has 3 aromatic rings. The van der Waals surface area contributed by atoms with Gasteiger partial charge >= 0.3 is 11.9 Å². The predicted molar refractivity (Wildman–Crippen MR) is 184 cm³/mol. The minimum Gasteiger partial charge on any atom is -0.494 e. The summed E-state index contributed by atoms with van der Waals surface area (Å²) in [4.78, 5) is 23.7. The van der Waals surface area contributed by atoms with Crippen LogP contribution in [0.25, 0.3) is 11.1 Å². The molecule has 0 saturated carbocycles. The Labute approximate surface area is 288 Å². The molecule has 0 fully saturated rings. The van der Waals surface area contributed by atoms with Gasteiger partial charge in [0, 0.05) is 6.08 Å². The molecule has 49 heavy (non-hydrogen) atoms. The number of aliphatic hydroxyl groups is 1. The molecule has 1 N–H and O–H groups in total. The minimum atomic E-state index is -0.447. The number of carbonyl (C=O) groups excluding carboxylic acids is 2. The zero-order chi connectivity index (χ0) is 34.8. The Morgan fingerprint density at radius 3 is 1.51 bits per heavy atom. The molecular weight excluding hydrogens is 632 g/mol. The second kappa shape index (κ2) is 24.8. The van der Waals surface area contributed by atoms with Crippen LogP contribution in [-0.4, -0.2) is 96.3 Å². The molecule has 0 radical (unpaired) electrons. The number of unbranched alkanes of at least 4 members (excludes halogenated alkanes) is 3. The lowest BCUT2D eigenvalue weighted by Crippen LogP contribution is -2.14. The molecule has 0 saturated heterocycles. The quantitative estimate of drug-likeness (QED) is 0.0462. The summed E-state index contributed by atoms with van der Waals surface area (Å²) in [6.07, 6.45) is 4.76. The maximum Gasteiger partial charge on any atom is 0.343 e. The Kier molecular flexibility index (Phi) is 19.8. The van der Waals surface area contributed by atoms with Crippen LogP contribution in [0.2, 0.25) is 0 Å². The molecule has 0 bridgehead atoms. The summed E-state index contributed by atoms with van der Waals surface area (Å²) < 4.78 is 43.5. The number of hydrogen-bond donors (Lipinski definition) is 1. The molecule has 0 heterocycles. The molecule has 11 heteroatoms. The standard InChI is InChI=1S/C38H48O11/c1-2-37(40)48-21-6-4-3-5-20-46-34-15-11-33(12-16-34)38(41)49-36-17-9-32(10-18-36)31-7-13-35(14-8-31)47-30-29-45-28-27-44-26-25-43-24-23-42-22-19-39/h2,7-18,39H,1,3-6,19-30H2. The Hall–Kier alpha value is -4.26. The molecule has 0 amide bonds. The highest BCUT2D eigenvalue weighted by Crippen LogP contribution is 2.25. The van der Waals surface area contributed by atoms with Gasteiger partial charge in [0.1, 0.15) is 23.9 Å². The largest absolute Gasteiger partial charge is 0.494 e. The summed E-state index contributed by atoms with van der Waals surface area (Å²) in [5.74, 6) is 1.04.